The molecule has 0 aromatic heterocycles. The summed E-state index contributed by atoms with van der Waals surface area (Å²) in [6.45, 7) is 4.78. The van der Waals surface area contributed by atoms with E-state index in [2.05, 4.69) is 11.4 Å². The van der Waals surface area contributed by atoms with Crippen LogP contribution in [0.15, 0.2) is 72.3 Å². The number of aryl methyl sites for hydroxylation is 1. The maximum Gasteiger partial charge on any atom is 0.266 e. The number of carbonyl (C=O) groups is 1. The van der Waals surface area contributed by atoms with Crippen molar-refractivity contribution >= 4 is 17.7 Å². The summed E-state index contributed by atoms with van der Waals surface area (Å²) < 4.78 is 16.8. The lowest BCUT2D eigenvalue weighted by Crippen LogP contribution is -2.13. The summed E-state index contributed by atoms with van der Waals surface area (Å²) in [6.07, 6.45) is 1.52. The molecule has 0 heterocycles. The Kier molecular flexibility index (Phi) is 8.09. The molecule has 0 atom stereocenters. The predicted molar refractivity (Wildman–Crippen MR) is 128 cm³/mol. The minimum atomic E-state index is -0.500. The molecule has 0 aliphatic carbocycles. The molecule has 3 aromatic rings. The van der Waals surface area contributed by atoms with Crippen LogP contribution in [0.2, 0.25) is 0 Å². The molecule has 0 fully saturated rings. The first-order valence-electron chi connectivity index (χ1n) is 10.5. The molecular weight excluding hydrogens is 416 g/mol. The summed E-state index contributed by atoms with van der Waals surface area (Å²) in [7, 11) is 1.57. The van der Waals surface area contributed by atoms with Gasteiger partial charge in [-0.15, -0.1) is 0 Å². The summed E-state index contributed by atoms with van der Waals surface area (Å²) in [6, 6.07) is 22.3. The number of anilines is 1. The lowest BCUT2D eigenvalue weighted by atomic mass is 10.1. The fourth-order valence-corrected chi connectivity index (χ4v) is 3.15. The van der Waals surface area contributed by atoms with Crippen LogP contribution in [0.3, 0.4) is 0 Å². The van der Waals surface area contributed by atoms with Crippen molar-refractivity contribution in [3.63, 3.8) is 0 Å². The first-order chi connectivity index (χ1) is 16.0. The molecule has 1 N–H and O–H groups in total. The Morgan fingerprint density at radius 1 is 1.03 bits per heavy atom. The SMILES string of the molecule is CCOc1cc(/C=C(/C#N)C(=O)Nc2ccc(OC)cc2)ccc1OCc1cccc(C)c1. The van der Waals surface area contributed by atoms with E-state index in [-0.39, 0.29) is 5.57 Å². The molecule has 33 heavy (non-hydrogen) atoms. The molecule has 3 rings (SSSR count). The van der Waals surface area contributed by atoms with E-state index in [1.54, 1.807) is 49.6 Å². The van der Waals surface area contributed by atoms with Gasteiger partial charge in [-0.25, -0.2) is 0 Å². The Morgan fingerprint density at radius 3 is 2.48 bits per heavy atom. The highest BCUT2D eigenvalue weighted by Crippen LogP contribution is 2.30. The topological polar surface area (TPSA) is 80.6 Å². The maximum absolute atomic E-state index is 12.6. The average Bonchev–Trinajstić information content (AvgIpc) is 2.82. The lowest BCUT2D eigenvalue weighted by Gasteiger charge is -2.13. The smallest absolute Gasteiger partial charge is 0.266 e. The number of nitrogens with zero attached hydrogens (tertiary/aromatic N) is 1. The first-order valence-corrected chi connectivity index (χ1v) is 10.5. The monoisotopic (exact) mass is 442 g/mol. The molecule has 6 heteroatoms. The van der Waals surface area contributed by atoms with Gasteiger partial charge in [-0.2, -0.15) is 5.26 Å². The number of hydrogen-bond donors (Lipinski definition) is 1. The van der Waals surface area contributed by atoms with E-state index in [1.807, 2.05) is 38.1 Å². The van der Waals surface area contributed by atoms with Gasteiger partial charge >= 0.3 is 0 Å². The lowest BCUT2D eigenvalue weighted by molar-refractivity contribution is -0.112. The Labute approximate surface area is 194 Å². The van der Waals surface area contributed by atoms with Gasteiger partial charge in [0.2, 0.25) is 0 Å². The van der Waals surface area contributed by atoms with Crippen LogP contribution in [0.1, 0.15) is 23.6 Å². The van der Waals surface area contributed by atoms with E-state index in [4.69, 9.17) is 14.2 Å². The van der Waals surface area contributed by atoms with Crippen LogP contribution in [0.5, 0.6) is 17.2 Å². The molecule has 1 amide bonds. The van der Waals surface area contributed by atoms with Gasteiger partial charge in [0.15, 0.2) is 11.5 Å². The highest BCUT2D eigenvalue weighted by atomic mass is 16.5. The molecule has 0 radical (unpaired) electrons. The van der Waals surface area contributed by atoms with Crippen LogP contribution in [0.4, 0.5) is 5.69 Å². The fraction of sp³-hybridized carbons (Fsp3) is 0.185. The molecule has 0 unspecified atom stereocenters. The molecule has 3 aromatic carbocycles. The number of nitrogens with one attached hydrogen (secondary N) is 1. The zero-order chi connectivity index (χ0) is 23.6. The second kappa shape index (κ2) is 11.4. The number of rotatable bonds is 9. The highest BCUT2D eigenvalue weighted by Gasteiger charge is 2.12. The van der Waals surface area contributed by atoms with Crippen molar-refractivity contribution in [3.05, 3.63) is 89.0 Å². The van der Waals surface area contributed by atoms with Gasteiger partial charge in [0, 0.05) is 5.69 Å². The number of amides is 1. The Hall–Kier alpha value is -4.24. The van der Waals surface area contributed by atoms with Crippen molar-refractivity contribution < 1.29 is 19.0 Å². The van der Waals surface area contributed by atoms with Crippen molar-refractivity contribution in [2.45, 2.75) is 20.5 Å². The third kappa shape index (κ3) is 6.62. The van der Waals surface area contributed by atoms with Crippen molar-refractivity contribution in [3.8, 4) is 23.3 Å². The van der Waals surface area contributed by atoms with Gasteiger partial charge in [0.1, 0.15) is 24.0 Å². The van der Waals surface area contributed by atoms with Crippen LogP contribution >= 0.6 is 0 Å². The zero-order valence-electron chi connectivity index (χ0n) is 18.9. The number of benzene rings is 3. The molecule has 0 spiro atoms. The van der Waals surface area contributed by atoms with Crippen LogP contribution < -0.4 is 19.5 Å². The molecule has 0 aliphatic rings. The molecule has 0 saturated heterocycles. The normalized spacial score (nSPS) is 10.8. The van der Waals surface area contributed by atoms with Crippen LogP contribution in [-0.2, 0) is 11.4 Å². The van der Waals surface area contributed by atoms with E-state index in [9.17, 15) is 10.1 Å². The van der Waals surface area contributed by atoms with Crippen LogP contribution in [-0.4, -0.2) is 19.6 Å². The van der Waals surface area contributed by atoms with E-state index in [0.29, 0.717) is 41.7 Å². The van der Waals surface area contributed by atoms with Gasteiger partial charge in [-0.1, -0.05) is 35.9 Å². The third-order valence-corrected chi connectivity index (χ3v) is 4.77. The van der Waals surface area contributed by atoms with Crippen molar-refractivity contribution in [2.75, 3.05) is 19.0 Å². The largest absolute Gasteiger partial charge is 0.497 e. The summed E-state index contributed by atoms with van der Waals surface area (Å²) in [4.78, 5) is 12.6. The van der Waals surface area contributed by atoms with E-state index >= 15 is 0 Å². The minimum absolute atomic E-state index is 0.0262. The minimum Gasteiger partial charge on any atom is -0.497 e. The Balaban J connectivity index is 1.76. The number of methoxy groups -OCH3 is 1. The number of nitriles is 1. The Bertz CT molecular complexity index is 1180. The Morgan fingerprint density at radius 2 is 1.82 bits per heavy atom. The van der Waals surface area contributed by atoms with Crippen LogP contribution in [0, 0.1) is 18.3 Å². The number of carbonyl (C=O) groups excluding carboxylic acids is 1. The predicted octanol–water partition coefficient (Wildman–Crippen LogP) is 5.53. The number of hydrogen-bond acceptors (Lipinski definition) is 5. The van der Waals surface area contributed by atoms with Gasteiger partial charge in [0.05, 0.1) is 13.7 Å². The summed E-state index contributed by atoms with van der Waals surface area (Å²) >= 11 is 0. The van der Waals surface area contributed by atoms with Gasteiger partial charge in [0.25, 0.3) is 5.91 Å². The standard InChI is InChI=1S/C27H26N2O4/c1-4-32-26-16-20(8-13-25(26)33-18-21-7-5-6-19(2)14-21)15-22(17-28)27(30)29-23-9-11-24(31-3)12-10-23/h5-16H,4,18H2,1-3H3,(H,29,30)/b22-15-. The third-order valence-electron chi connectivity index (χ3n) is 4.77. The molecular formula is C27H26N2O4. The summed E-state index contributed by atoms with van der Waals surface area (Å²) in [5.41, 5.74) is 3.42. The molecule has 6 nitrogen and oxygen atoms in total. The van der Waals surface area contributed by atoms with E-state index in [1.165, 1.54) is 11.6 Å². The van der Waals surface area contributed by atoms with Gasteiger partial charge in [-0.3, -0.25) is 4.79 Å². The molecule has 168 valence electrons. The zero-order valence-corrected chi connectivity index (χ0v) is 18.9. The highest BCUT2D eigenvalue weighted by molar-refractivity contribution is 6.09. The van der Waals surface area contributed by atoms with Crippen molar-refractivity contribution in [1.29, 1.82) is 5.26 Å². The summed E-state index contributed by atoms with van der Waals surface area (Å²) in [5.74, 6) is 1.32. The molecule has 0 saturated carbocycles. The number of ether oxygens (including phenoxy) is 3. The van der Waals surface area contributed by atoms with Crippen LogP contribution in [0.25, 0.3) is 6.08 Å². The quantitative estimate of drug-likeness (QED) is 0.348. The van der Waals surface area contributed by atoms with Crippen molar-refractivity contribution in [2.24, 2.45) is 0 Å². The fourth-order valence-electron chi connectivity index (χ4n) is 3.15. The van der Waals surface area contributed by atoms with E-state index in [0.717, 1.165) is 5.56 Å². The maximum atomic E-state index is 12.6. The summed E-state index contributed by atoms with van der Waals surface area (Å²) in [5, 5.41) is 12.2. The van der Waals surface area contributed by atoms with E-state index < -0.39 is 5.91 Å². The average molecular weight is 443 g/mol. The first kappa shape index (κ1) is 23.4. The van der Waals surface area contributed by atoms with Crippen molar-refractivity contribution in [1.82, 2.24) is 0 Å². The molecule has 0 aliphatic heterocycles. The second-order valence-electron chi connectivity index (χ2n) is 7.27. The van der Waals surface area contributed by atoms with Gasteiger partial charge < -0.3 is 19.5 Å². The second-order valence-corrected chi connectivity index (χ2v) is 7.27. The van der Waals surface area contributed by atoms with Gasteiger partial charge in [-0.05, 0) is 67.4 Å². The molecule has 0 bridgehead atoms.